The Bertz CT molecular complexity index is 374. The standard InChI is InChI=1S/C14H21NO2/c1-11(2)10-17-8-7-15-9-13-6-4-5-12(3)14(13)16/h4-6,15-16H,1,7-10H2,2-3H3. The predicted octanol–water partition coefficient (Wildman–Crippen LogP) is 2.38. The molecule has 0 radical (unpaired) electrons. The highest BCUT2D eigenvalue weighted by Crippen LogP contribution is 2.20. The maximum absolute atomic E-state index is 9.79. The topological polar surface area (TPSA) is 41.5 Å². The molecule has 2 N–H and O–H groups in total. The second-order valence-electron chi connectivity index (χ2n) is 4.27. The van der Waals surface area contributed by atoms with Gasteiger partial charge in [-0.05, 0) is 19.4 Å². The average molecular weight is 235 g/mol. The summed E-state index contributed by atoms with van der Waals surface area (Å²) in [7, 11) is 0. The molecule has 0 fully saturated rings. The molecule has 1 rings (SSSR count). The Labute approximate surface area is 103 Å². The number of aryl methyl sites for hydroxylation is 1. The summed E-state index contributed by atoms with van der Waals surface area (Å²) in [5.74, 6) is 0.378. The van der Waals surface area contributed by atoms with E-state index in [2.05, 4.69) is 11.9 Å². The molecule has 0 saturated heterocycles. The van der Waals surface area contributed by atoms with Crippen LogP contribution in [0.25, 0.3) is 0 Å². The van der Waals surface area contributed by atoms with Crippen molar-refractivity contribution in [3.05, 3.63) is 41.5 Å². The normalized spacial score (nSPS) is 10.5. The molecular formula is C14H21NO2. The van der Waals surface area contributed by atoms with Crippen LogP contribution in [0.5, 0.6) is 5.75 Å². The summed E-state index contributed by atoms with van der Waals surface area (Å²) in [5, 5.41) is 13.0. The number of nitrogens with one attached hydrogen (secondary N) is 1. The molecule has 1 aromatic carbocycles. The first-order valence-corrected chi connectivity index (χ1v) is 5.81. The van der Waals surface area contributed by atoms with E-state index in [-0.39, 0.29) is 0 Å². The van der Waals surface area contributed by atoms with Crippen LogP contribution in [0.1, 0.15) is 18.1 Å². The number of benzene rings is 1. The van der Waals surface area contributed by atoms with Crippen LogP contribution in [0, 0.1) is 6.92 Å². The van der Waals surface area contributed by atoms with Gasteiger partial charge in [0.15, 0.2) is 0 Å². The minimum atomic E-state index is 0.378. The molecule has 0 aliphatic carbocycles. The highest BCUT2D eigenvalue weighted by atomic mass is 16.5. The Morgan fingerprint density at radius 3 is 2.94 bits per heavy atom. The molecule has 0 spiro atoms. The second kappa shape index (κ2) is 7.09. The van der Waals surface area contributed by atoms with E-state index in [0.29, 0.717) is 25.5 Å². The lowest BCUT2D eigenvalue weighted by Gasteiger charge is -2.09. The van der Waals surface area contributed by atoms with E-state index >= 15 is 0 Å². The maximum Gasteiger partial charge on any atom is 0.122 e. The molecule has 0 unspecified atom stereocenters. The van der Waals surface area contributed by atoms with Gasteiger partial charge < -0.3 is 15.2 Å². The fourth-order valence-electron chi connectivity index (χ4n) is 1.48. The van der Waals surface area contributed by atoms with E-state index in [4.69, 9.17) is 4.74 Å². The van der Waals surface area contributed by atoms with E-state index in [1.807, 2.05) is 32.0 Å². The second-order valence-corrected chi connectivity index (χ2v) is 4.27. The zero-order valence-corrected chi connectivity index (χ0v) is 10.6. The quantitative estimate of drug-likeness (QED) is 0.563. The number of phenols is 1. The molecule has 0 heterocycles. The third-order valence-corrected chi connectivity index (χ3v) is 2.41. The SMILES string of the molecule is C=C(C)COCCNCc1cccc(C)c1O. The zero-order valence-electron chi connectivity index (χ0n) is 10.6. The smallest absolute Gasteiger partial charge is 0.122 e. The molecular weight excluding hydrogens is 214 g/mol. The van der Waals surface area contributed by atoms with Crippen LogP contribution in [0.2, 0.25) is 0 Å². The molecule has 0 aliphatic heterocycles. The summed E-state index contributed by atoms with van der Waals surface area (Å²) in [5.41, 5.74) is 2.86. The Morgan fingerprint density at radius 2 is 2.24 bits per heavy atom. The highest BCUT2D eigenvalue weighted by molar-refractivity contribution is 5.39. The van der Waals surface area contributed by atoms with Crippen LogP contribution in [-0.4, -0.2) is 24.9 Å². The van der Waals surface area contributed by atoms with Crippen molar-refractivity contribution in [2.75, 3.05) is 19.8 Å². The van der Waals surface area contributed by atoms with Crippen molar-refractivity contribution in [1.82, 2.24) is 5.32 Å². The van der Waals surface area contributed by atoms with Gasteiger partial charge in [-0.1, -0.05) is 30.4 Å². The zero-order chi connectivity index (χ0) is 12.7. The number of hydrogen-bond acceptors (Lipinski definition) is 3. The molecule has 0 bridgehead atoms. The van der Waals surface area contributed by atoms with Gasteiger partial charge in [0.25, 0.3) is 0 Å². The first kappa shape index (κ1) is 13.7. The molecule has 1 aromatic rings. The summed E-state index contributed by atoms with van der Waals surface area (Å²) in [6.45, 7) is 10.3. The highest BCUT2D eigenvalue weighted by Gasteiger charge is 2.02. The van der Waals surface area contributed by atoms with Gasteiger partial charge in [0.1, 0.15) is 5.75 Å². The van der Waals surface area contributed by atoms with E-state index < -0.39 is 0 Å². The van der Waals surface area contributed by atoms with E-state index in [1.54, 1.807) is 0 Å². The van der Waals surface area contributed by atoms with Crippen molar-refractivity contribution >= 4 is 0 Å². The number of phenolic OH excluding ortho intramolecular Hbond substituents is 1. The van der Waals surface area contributed by atoms with Crippen molar-refractivity contribution in [2.24, 2.45) is 0 Å². The predicted molar refractivity (Wildman–Crippen MR) is 70.2 cm³/mol. The number of hydrogen-bond donors (Lipinski definition) is 2. The minimum Gasteiger partial charge on any atom is -0.507 e. The first-order chi connectivity index (χ1) is 8.11. The fourth-order valence-corrected chi connectivity index (χ4v) is 1.48. The number of ether oxygens (including phenoxy) is 1. The third kappa shape index (κ3) is 5.02. The summed E-state index contributed by atoms with van der Waals surface area (Å²) < 4.78 is 5.36. The van der Waals surface area contributed by atoms with Gasteiger partial charge >= 0.3 is 0 Å². The van der Waals surface area contributed by atoms with Crippen LogP contribution < -0.4 is 5.32 Å². The molecule has 0 saturated carbocycles. The Kier molecular flexibility index (Phi) is 5.73. The average Bonchev–Trinajstić information content (AvgIpc) is 2.28. The van der Waals surface area contributed by atoms with Crippen LogP contribution in [-0.2, 0) is 11.3 Å². The van der Waals surface area contributed by atoms with Crippen molar-refractivity contribution in [3.8, 4) is 5.75 Å². The van der Waals surface area contributed by atoms with Gasteiger partial charge in [-0.25, -0.2) is 0 Å². The summed E-state index contributed by atoms with van der Waals surface area (Å²) in [4.78, 5) is 0. The van der Waals surface area contributed by atoms with Gasteiger partial charge in [0, 0.05) is 18.7 Å². The van der Waals surface area contributed by atoms with Gasteiger partial charge in [0.2, 0.25) is 0 Å². The Hall–Kier alpha value is -1.32. The minimum absolute atomic E-state index is 0.378. The summed E-state index contributed by atoms with van der Waals surface area (Å²) in [6, 6.07) is 5.77. The fraction of sp³-hybridized carbons (Fsp3) is 0.429. The van der Waals surface area contributed by atoms with Gasteiger partial charge in [-0.15, -0.1) is 0 Å². The lowest BCUT2D eigenvalue weighted by atomic mass is 10.1. The monoisotopic (exact) mass is 235 g/mol. The molecule has 0 amide bonds. The lowest BCUT2D eigenvalue weighted by molar-refractivity contribution is 0.157. The number of para-hydroxylation sites is 1. The van der Waals surface area contributed by atoms with Crippen LogP contribution in [0.3, 0.4) is 0 Å². The maximum atomic E-state index is 9.79. The Balaban J connectivity index is 2.22. The van der Waals surface area contributed by atoms with Crippen molar-refractivity contribution in [3.63, 3.8) is 0 Å². The molecule has 0 aromatic heterocycles. The number of rotatable bonds is 7. The number of aromatic hydroxyl groups is 1. The first-order valence-electron chi connectivity index (χ1n) is 5.81. The van der Waals surface area contributed by atoms with Crippen LogP contribution in [0.4, 0.5) is 0 Å². The van der Waals surface area contributed by atoms with Crippen LogP contribution >= 0.6 is 0 Å². The van der Waals surface area contributed by atoms with E-state index in [0.717, 1.165) is 23.2 Å². The van der Waals surface area contributed by atoms with Gasteiger partial charge in [0.05, 0.1) is 13.2 Å². The van der Waals surface area contributed by atoms with Gasteiger partial charge in [-0.2, -0.15) is 0 Å². The van der Waals surface area contributed by atoms with E-state index in [1.165, 1.54) is 0 Å². The van der Waals surface area contributed by atoms with Gasteiger partial charge in [-0.3, -0.25) is 0 Å². The lowest BCUT2D eigenvalue weighted by Crippen LogP contribution is -2.19. The van der Waals surface area contributed by atoms with Crippen LogP contribution in [0.15, 0.2) is 30.4 Å². The molecule has 0 aliphatic rings. The molecule has 3 heteroatoms. The van der Waals surface area contributed by atoms with Crippen molar-refractivity contribution in [1.29, 1.82) is 0 Å². The molecule has 3 nitrogen and oxygen atoms in total. The molecule has 94 valence electrons. The Morgan fingerprint density at radius 1 is 1.47 bits per heavy atom. The van der Waals surface area contributed by atoms with Crippen molar-refractivity contribution < 1.29 is 9.84 Å². The summed E-state index contributed by atoms with van der Waals surface area (Å²) >= 11 is 0. The largest absolute Gasteiger partial charge is 0.507 e. The molecule has 17 heavy (non-hydrogen) atoms. The van der Waals surface area contributed by atoms with Crippen molar-refractivity contribution in [2.45, 2.75) is 20.4 Å². The third-order valence-electron chi connectivity index (χ3n) is 2.41. The molecule has 0 atom stereocenters. The van der Waals surface area contributed by atoms with E-state index in [9.17, 15) is 5.11 Å². The summed E-state index contributed by atoms with van der Waals surface area (Å²) in [6.07, 6.45) is 0.